The normalized spacial score (nSPS) is 10.7. The number of carbonyl (C=O) groups is 1. The second-order valence-corrected chi connectivity index (χ2v) is 6.15. The first kappa shape index (κ1) is 17.5. The van der Waals surface area contributed by atoms with Crippen LogP contribution in [0.1, 0.15) is 16.7 Å². The van der Waals surface area contributed by atoms with Crippen molar-refractivity contribution in [3.8, 4) is 0 Å². The summed E-state index contributed by atoms with van der Waals surface area (Å²) in [5.74, 6) is -0.148. The van der Waals surface area contributed by atoms with Gasteiger partial charge in [-0.05, 0) is 54.8 Å². The van der Waals surface area contributed by atoms with E-state index in [2.05, 4.69) is 23.6 Å². The molecule has 2 N–H and O–H groups in total. The van der Waals surface area contributed by atoms with Gasteiger partial charge in [0.05, 0.1) is 0 Å². The number of nitrogens with one attached hydrogen (secondary N) is 2. The van der Waals surface area contributed by atoms with Gasteiger partial charge in [0.25, 0.3) is 0 Å². The molecule has 0 aliphatic heterocycles. The quantitative estimate of drug-likeness (QED) is 0.584. The van der Waals surface area contributed by atoms with Crippen molar-refractivity contribution in [2.45, 2.75) is 13.8 Å². The first-order valence-electron chi connectivity index (χ1n) is 8.60. The van der Waals surface area contributed by atoms with Crippen LogP contribution in [0.2, 0.25) is 0 Å². The van der Waals surface area contributed by atoms with Crippen molar-refractivity contribution in [3.05, 3.63) is 95.6 Å². The van der Waals surface area contributed by atoms with E-state index in [0.29, 0.717) is 0 Å². The zero-order valence-electron chi connectivity index (χ0n) is 15.0. The van der Waals surface area contributed by atoms with Crippen molar-refractivity contribution in [1.82, 2.24) is 0 Å². The lowest BCUT2D eigenvalue weighted by Gasteiger charge is -2.15. The van der Waals surface area contributed by atoms with E-state index in [1.165, 1.54) is 5.56 Å². The molecule has 0 atom stereocenters. The first-order chi connectivity index (χ1) is 12.6. The largest absolute Gasteiger partial charge is 0.355 e. The van der Waals surface area contributed by atoms with E-state index in [1.807, 2.05) is 73.7 Å². The van der Waals surface area contributed by atoms with Crippen molar-refractivity contribution in [3.63, 3.8) is 0 Å². The maximum Gasteiger partial charge on any atom is 0.248 e. The van der Waals surface area contributed by atoms with Crippen molar-refractivity contribution in [2.24, 2.45) is 0 Å². The Kier molecular flexibility index (Phi) is 5.49. The van der Waals surface area contributed by atoms with Gasteiger partial charge in [0.15, 0.2) is 0 Å². The van der Waals surface area contributed by atoms with Gasteiger partial charge in [-0.15, -0.1) is 0 Å². The molecule has 0 radical (unpaired) electrons. The Bertz CT molecular complexity index is 930. The van der Waals surface area contributed by atoms with E-state index >= 15 is 0 Å². The molecule has 0 spiro atoms. The summed E-state index contributed by atoms with van der Waals surface area (Å²) in [6.07, 6.45) is 3.36. The van der Waals surface area contributed by atoms with Gasteiger partial charge in [-0.3, -0.25) is 4.79 Å². The summed E-state index contributed by atoms with van der Waals surface area (Å²) < 4.78 is 0. The van der Waals surface area contributed by atoms with Gasteiger partial charge in [-0.25, -0.2) is 0 Å². The highest BCUT2D eigenvalue weighted by atomic mass is 16.1. The lowest BCUT2D eigenvalue weighted by molar-refractivity contribution is -0.111. The molecular formula is C23H22N2O. The van der Waals surface area contributed by atoms with Crippen molar-refractivity contribution >= 4 is 29.0 Å². The molecule has 0 saturated carbocycles. The molecule has 3 nitrogen and oxygen atoms in total. The molecule has 0 aliphatic rings. The number of hydrogen-bond donors (Lipinski definition) is 2. The minimum atomic E-state index is -0.148. The molecule has 3 heteroatoms. The lowest BCUT2D eigenvalue weighted by atomic mass is 10.1. The predicted molar refractivity (Wildman–Crippen MR) is 110 cm³/mol. The van der Waals surface area contributed by atoms with Crippen LogP contribution in [0.3, 0.4) is 0 Å². The molecule has 0 aliphatic carbocycles. The minimum absolute atomic E-state index is 0.148. The van der Waals surface area contributed by atoms with Crippen LogP contribution in [0.4, 0.5) is 17.1 Å². The van der Waals surface area contributed by atoms with Crippen LogP contribution in [-0.4, -0.2) is 5.91 Å². The highest BCUT2D eigenvalue weighted by Crippen LogP contribution is 2.27. The van der Waals surface area contributed by atoms with Gasteiger partial charge in [-0.2, -0.15) is 0 Å². The number of hydrogen-bond acceptors (Lipinski definition) is 2. The van der Waals surface area contributed by atoms with E-state index in [0.717, 1.165) is 28.2 Å². The zero-order valence-corrected chi connectivity index (χ0v) is 15.0. The lowest BCUT2D eigenvalue weighted by Crippen LogP contribution is -2.09. The van der Waals surface area contributed by atoms with Crippen molar-refractivity contribution in [2.75, 3.05) is 10.6 Å². The van der Waals surface area contributed by atoms with Crippen LogP contribution in [0.25, 0.3) is 6.08 Å². The fourth-order valence-corrected chi connectivity index (χ4v) is 2.68. The number of para-hydroxylation sites is 1. The third kappa shape index (κ3) is 4.39. The van der Waals surface area contributed by atoms with Gasteiger partial charge in [0, 0.05) is 23.1 Å². The SMILES string of the molecule is Cc1ccccc1Nc1cccc(NC(=O)C=Cc2ccccc2)c1C. The summed E-state index contributed by atoms with van der Waals surface area (Å²) in [5, 5.41) is 6.40. The highest BCUT2D eigenvalue weighted by Gasteiger charge is 2.07. The standard InChI is InChI=1S/C23H22N2O/c1-17-9-6-7-12-20(17)24-21-13-8-14-22(18(21)2)25-23(26)16-15-19-10-4-3-5-11-19/h3-16,24H,1-2H3,(H,25,26). The van der Waals surface area contributed by atoms with Gasteiger partial charge in [0.1, 0.15) is 0 Å². The molecule has 0 saturated heterocycles. The number of rotatable bonds is 5. The highest BCUT2D eigenvalue weighted by molar-refractivity contribution is 6.02. The summed E-state index contributed by atoms with van der Waals surface area (Å²) in [5.41, 5.74) is 6.00. The molecule has 0 unspecified atom stereocenters. The molecular weight excluding hydrogens is 320 g/mol. The van der Waals surface area contributed by atoms with Gasteiger partial charge < -0.3 is 10.6 Å². The molecule has 3 aromatic rings. The topological polar surface area (TPSA) is 41.1 Å². The zero-order chi connectivity index (χ0) is 18.4. The van der Waals surface area contributed by atoms with Gasteiger partial charge in [-0.1, -0.05) is 54.6 Å². The average Bonchev–Trinajstić information content (AvgIpc) is 2.66. The van der Waals surface area contributed by atoms with Crippen LogP contribution in [0.15, 0.2) is 78.9 Å². The van der Waals surface area contributed by atoms with Crippen LogP contribution in [0.5, 0.6) is 0 Å². The summed E-state index contributed by atoms with van der Waals surface area (Å²) in [7, 11) is 0. The molecule has 0 bridgehead atoms. The van der Waals surface area contributed by atoms with Crippen molar-refractivity contribution in [1.29, 1.82) is 0 Å². The Labute approximate surface area is 154 Å². The Balaban J connectivity index is 1.74. The average molecular weight is 342 g/mol. The summed E-state index contributed by atoms with van der Waals surface area (Å²) in [6.45, 7) is 4.06. The third-order valence-corrected chi connectivity index (χ3v) is 4.23. The molecule has 3 rings (SSSR count). The molecule has 0 fully saturated rings. The first-order valence-corrected chi connectivity index (χ1v) is 8.60. The number of benzene rings is 3. The Hall–Kier alpha value is -3.33. The number of aryl methyl sites for hydroxylation is 1. The Morgan fingerprint density at radius 2 is 1.42 bits per heavy atom. The molecule has 26 heavy (non-hydrogen) atoms. The van der Waals surface area contributed by atoms with Crippen LogP contribution >= 0.6 is 0 Å². The third-order valence-electron chi connectivity index (χ3n) is 4.23. The van der Waals surface area contributed by atoms with E-state index in [9.17, 15) is 4.79 Å². The molecule has 3 aromatic carbocycles. The summed E-state index contributed by atoms with van der Waals surface area (Å²) >= 11 is 0. The van der Waals surface area contributed by atoms with E-state index in [1.54, 1.807) is 12.2 Å². The number of carbonyl (C=O) groups excluding carboxylic acids is 1. The molecule has 0 aromatic heterocycles. The second kappa shape index (κ2) is 8.17. The number of amides is 1. The summed E-state index contributed by atoms with van der Waals surface area (Å²) in [6, 6.07) is 23.8. The van der Waals surface area contributed by atoms with Crippen molar-refractivity contribution < 1.29 is 4.79 Å². The monoisotopic (exact) mass is 342 g/mol. The molecule has 130 valence electrons. The minimum Gasteiger partial charge on any atom is -0.355 e. The van der Waals surface area contributed by atoms with Crippen LogP contribution in [0, 0.1) is 13.8 Å². The van der Waals surface area contributed by atoms with Gasteiger partial charge in [0.2, 0.25) is 5.91 Å². The van der Waals surface area contributed by atoms with E-state index in [4.69, 9.17) is 0 Å². The van der Waals surface area contributed by atoms with E-state index < -0.39 is 0 Å². The maximum absolute atomic E-state index is 12.2. The smallest absolute Gasteiger partial charge is 0.248 e. The second-order valence-electron chi connectivity index (χ2n) is 6.15. The summed E-state index contributed by atoms with van der Waals surface area (Å²) in [4.78, 5) is 12.2. The van der Waals surface area contributed by atoms with Crippen LogP contribution < -0.4 is 10.6 Å². The number of anilines is 3. The fraction of sp³-hybridized carbons (Fsp3) is 0.0870. The molecule has 1 amide bonds. The Morgan fingerprint density at radius 1 is 0.769 bits per heavy atom. The van der Waals surface area contributed by atoms with Gasteiger partial charge >= 0.3 is 0 Å². The molecule has 0 heterocycles. The maximum atomic E-state index is 12.2. The Morgan fingerprint density at radius 3 is 2.19 bits per heavy atom. The van der Waals surface area contributed by atoms with Crippen LogP contribution in [-0.2, 0) is 4.79 Å². The van der Waals surface area contributed by atoms with E-state index in [-0.39, 0.29) is 5.91 Å². The predicted octanol–water partition coefficient (Wildman–Crippen LogP) is 5.70. The fourth-order valence-electron chi connectivity index (χ4n) is 2.68.